The number of nitrogens with zero attached hydrogens (tertiary/aromatic N) is 3. The van der Waals surface area contributed by atoms with Crippen molar-refractivity contribution in [2.75, 3.05) is 38.1 Å². The maximum atomic E-state index is 4.39. The molecule has 1 N–H and O–H groups in total. The fourth-order valence-corrected chi connectivity index (χ4v) is 3.17. The number of hydrogen-bond acceptors (Lipinski definition) is 4. The highest BCUT2D eigenvalue weighted by Crippen LogP contribution is 2.25. The molecular formula is C14H22N4. The number of aromatic nitrogens is 1. The molecule has 0 saturated carbocycles. The van der Waals surface area contributed by atoms with Gasteiger partial charge in [-0.25, -0.2) is 0 Å². The maximum Gasteiger partial charge on any atom is 0.0562 e. The average molecular weight is 246 g/mol. The van der Waals surface area contributed by atoms with Gasteiger partial charge in [0, 0.05) is 44.1 Å². The summed E-state index contributed by atoms with van der Waals surface area (Å²) in [4.78, 5) is 9.56. The second-order valence-corrected chi connectivity index (χ2v) is 5.31. The lowest BCUT2D eigenvalue weighted by molar-refractivity contribution is 0.231. The molecule has 3 heterocycles. The summed E-state index contributed by atoms with van der Waals surface area (Å²) in [6, 6.07) is 5.14. The summed E-state index contributed by atoms with van der Waals surface area (Å²) in [5, 5.41) is 3.16. The largest absolute Gasteiger partial charge is 0.369 e. The van der Waals surface area contributed by atoms with E-state index in [2.05, 4.69) is 32.2 Å². The van der Waals surface area contributed by atoms with Crippen LogP contribution in [-0.4, -0.2) is 49.2 Å². The highest BCUT2D eigenvalue weighted by molar-refractivity contribution is 5.47. The molecule has 2 saturated heterocycles. The van der Waals surface area contributed by atoms with Crippen LogP contribution in [0.3, 0.4) is 0 Å². The molecule has 4 heteroatoms. The van der Waals surface area contributed by atoms with Gasteiger partial charge in [-0.3, -0.25) is 9.88 Å². The topological polar surface area (TPSA) is 31.4 Å². The van der Waals surface area contributed by atoms with Gasteiger partial charge in [-0.05, 0) is 38.6 Å². The summed E-state index contributed by atoms with van der Waals surface area (Å²) >= 11 is 0. The van der Waals surface area contributed by atoms with Gasteiger partial charge in [-0.15, -0.1) is 0 Å². The van der Waals surface area contributed by atoms with Crippen molar-refractivity contribution in [3.05, 3.63) is 24.0 Å². The van der Waals surface area contributed by atoms with Crippen LogP contribution in [0.5, 0.6) is 0 Å². The Morgan fingerprint density at radius 3 is 3.22 bits per heavy atom. The summed E-state index contributed by atoms with van der Waals surface area (Å²) in [5.41, 5.74) is 2.46. The van der Waals surface area contributed by atoms with E-state index in [1.54, 1.807) is 0 Å². The highest BCUT2D eigenvalue weighted by Gasteiger charge is 2.30. The van der Waals surface area contributed by atoms with Gasteiger partial charge in [-0.1, -0.05) is 0 Å². The molecule has 2 aliphatic heterocycles. The Bertz CT molecular complexity index is 407. The quantitative estimate of drug-likeness (QED) is 0.865. The predicted octanol–water partition coefficient (Wildman–Crippen LogP) is 1.09. The maximum absolute atomic E-state index is 4.39. The average Bonchev–Trinajstić information content (AvgIpc) is 2.86. The smallest absolute Gasteiger partial charge is 0.0562 e. The third-order valence-corrected chi connectivity index (χ3v) is 4.11. The standard InChI is InChI=1S/C14H22N4/c1-15-10-12-9-13(4-5-16-12)18-8-7-17-6-2-3-14(17)11-18/h4-5,9,14-15H,2-3,6-8,10-11H2,1H3. The SMILES string of the molecule is CNCc1cc(N2CCN3CCCC3C2)ccn1. The van der Waals surface area contributed by atoms with Crippen LogP contribution >= 0.6 is 0 Å². The first-order chi connectivity index (χ1) is 8.86. The summed E-state index contributed by atoms with van der Waals surface area (Å²) in [5.74, 6) is 0. The molecule has 0 amide bonds. The minimum Gasteiger partial charge on any atom is -0.369 e. The fraction of sp³-hybridized carbons (Fsp3) is 0.643. The van der Waals surface area contributed by atoms with E-state index in [4.69, 9.17) is 0 Å². The van der Waals surface area contributed by atoms with E-state index in [1.165, 1.54) is 38.2 Å². The van der Waals surface area contributed by atoms with Gasteiger partial charge in [0.1, 0.15) is 0 Å². The van der Waals surface area contributed by atoms with Crippen molar-refractivity contribution in [1.29, 1.82) is 0 Å². The van der Waals surface area contributed by atoms with Crippen molar-refractivity contribution in [1.82, 2.24) is 15.2 Å². The third kappa shape index (κ3) is 2.35. The van der Waals surface area contributed by atoms with Gasteiger partial charge in [0.15, 0.2) is 0 Å². The molecule has 1 unspecified atom stereocenters. The summed E-state index contributed by atoms with van der Waals surface area (Å²) < 4.78 is 0. The number of hydrogen-bond donors (Lipinski definition) is 1. The predicted molar refractivity (Wildman–Crippen MR) is 73.8 cm³/mol. The Morgan fingerprint density at radius 2 is 2.33 bits per heavy atom. The van der Waals surface area contributed by atoms with E-state index < -0.39 is 0 Å². The Kier molecular flexibility index (Phi) is 3.48. The first-order valence-corrected chi connectivity index (χ1v) is 6.95. The Hall–Kier alpha value is -1.13. The van der Waals surface area contributed by atoms with E-state index >= 15 is 0 Å². The Labute approximate surface area is 109 Å². The molecule has 2 aliphatic rings. The first-order valence-electron chi connectivity index (χ1n) is 6.95. The van der Waals surface area contributed by atoms with Gasteiger partial charge < -0.3 is 10.2 Å². The lowest BCUT2D eigenvalue weighted by Crippen LogP contribution is -2.50. The lowest BCUT2D eigenvalue weighted by atomic mass is 10.1. The zero-order chi connectivity index (χ0) is 12.4. The van der Waals surface area contributed by atoms with Crippen molar-refractivity contribution in [3.8, 4) is 0 Å². The van der Waals surface area contributed by atoms with Crippen molar-refractivity contribution in [2.24, 2.45) is 0 Å². The first kappa shape index (κ1) is 11.9. The monoisotopic (exact) mass is 246 g/mol. The van der Waals surface area contributed by atoms with Gasteiger partial charge in [0.2, 0.25) is 0 Å². The molecule has 0 spiro atoms. The van der Waals surface area contributed by atoms with E-state index in [-0.39, 0.29) is 0 Å². The van der Waals surface area contributed by atoms with E-state index in [0.717, 1.165) is 24.8 Å². The summed E-state index contributed by atoms with van der Waals surface area (Å²) in [6.45, 7) is 5.70. The second kappa shape index (κ2) is 5.24. The number of nitrogens with one attached hydrogen (secondary N) is 1. The van der Waals surface area contributed by atoms with E-state index in [0.29, 0.717) is 0 Å². The molecule has 98 valence electrons. The molecule has 2 fully saturated rings. The summed E-state index contributed by atoms with van der Waals surface area (Å²) in [6.07, 6.45) is 4.67. The number of piperazine rings is 1. The number of rotatable bonds is 3. The van der Waals surface area contributed by atoms with E-state index in [1.807, 2.05) is 13.2 Å². The Morgan fingerprint density at radius 1 is 1.39 bits per heavy atom. The van der Waals surface area contributed by atoms with Crippen LogP contribution in [0.15, 0.2) is 18.3 Å². The van der Waals surface area contributed by atoms with Gasteiger partial charge >= 0.3 is 0 Å². The van der Waals surface area contributed by atoms with Crippen LogP contribution in [0.2, 0.25) is 0 Å². The van der Waals surface area contributed by atoms with Crippen molar-refractivity contribution in [2.45, 2.75) is 25.4 Å². The van der Waals surface area contributed by atoms with E-state index in [9.17, 15) is 0 Å². The van der Waals surface area contributed by atoms with Crippen molar-refractivity contribution >= 4 is 5.69 Å². The lowest BCUT2D eigenvalue weighted by Gasteiger charge is -2.38. The summed E-state index contributed by atoms with van der Waals surface area (Å²) in [7, 11) is 1.96. The highest BCUT2D eigenvalue weighted by atomic mass is 15.3. The zero-order valence-corrected chi connectivity index (χ0v) is 11.1. The van der Waals surface area contributed by atoms with Gasteiger partial charge in [0.05, 0.1) is 5.69 Å². The number of fused-ring (bicyclic) bond motifs is 1. The number of pyridine rings is 1. The van der Waals surface area contributed by atoms with Crippen molar-refractivity contribution < 1.29 is 0 Å². The molecule has 4 nitrogen and oxygen atoms in total. The van der Waals surface area contributed by atoms with Gasteiger partial charge in [-0.2, -0.15) is 0 Å². The van der Waals surface area contributed by atoms with Crippen LogP contribution in [0, 0.1) is 0 Å². The molecule has 0 aromatic carbocycles. The molecule has 1 aromatic rings. The minimum atomic E-state index is 0.777. The third-order valence-electron chi connectivity index (χ3n) is 4.11. The minimum absolute atomic E-state index is 0.777. The Balaban J connectivity index is 1.72. The van der Waals surface area contributed by atoms with Crippen LogP contribution in [0.4, 0.5) is 5.69 Å². The molecule has 18 heavy (non-hydrogen) atoms. The molecule has 0 radical (unpaired) electrons. The number of anilines is 1. The molecule has 1 atom stereocenters. The molecule has 0 bridgehead atoms. The van der Waals surface area contributed by atoms with Crippen molar-refractivity contribution in [3.63, 3.8) is 0 Å². The normalized spacial score (nSPS) is 24.3. The second-order valence-electron chi connectivity index (χ2n) is 5.31. The molecule has 0 aliphatic carbocycles. The van der Waals surface area contributed by atoms with Crippen LogP contribution in [0.25, 0.3) is 0 Å². The van der Waals surface area contributed by atoms with Crippen LogP contribution in [-0.2, 0) is 6.54 Å². The fourth-order valence-electron chi connectivity index (χ4n) is 3.17. The molecule has 1 aromatic heterocycles. The molecule has 3 rings (SSSR count). The van der Waals surface area contributed by atoms with Crippen LogP contribution < -0.4 is 10.2 Å². The van der Waals surface area contributed by atoms with Gasteiger partial charge in [0.25, 0.3) is 0 Å². The zero-order valence-electron chi connectivity index (χ0n) is 11.1. The molecular weight excluding hydrogens is 224 g/mol. The van der Waals surface area contributed by atoms with Crippen LogP contribution in [0.1, 0.15) is 18.5 Å².